The molecule has 0 radical (unpaired) electrons. The molecule has 1 aromatic heterocycles. The molecule has 2 aromatic rings. The summed E-state index contributed by atoms with van der Waals surface area (Å²) in [6.07, 6.45) is 5.31. The lowest BCUT2D eigenvalue weighted by atomic mass is 10.00. The number of nitrogens with one attached hydrogen (secondary N) is 2. The minimum atomic E-state index is -0.0983. The first-order valence-corrected chi connectivity index (χ1v) is 9.16. The molecule has 6 nitrogen and oxygen atoms in total. The van der Waals surface area contributed by atoms with Gasteiger partial charge in [-0.1, -0.05) is 17.7 Å². The van der Waals surface area contributed by atoms with Crippen LogP contribution in [0.15, 0.2) is 30.6 Å². The number of nitrogens with zero attached hydrogens (tertiary/aromatic N) is 3. The molecule has 1 aromatic carbocycles. The topological polar surface area (TPSA) is 70.2 Å². The fraction of sp³-hybridized carbons (Fsp3) is 0.450. The van der Waals surface area contributed by atoms with Gasteiger partial charge in [0.25, 0.3) is 0 Å². The van der Waals surface area contributed by atoms with E-state index < -0.39 is 0 Å². The molecule has 1 fully saturated rings. The SMILES string of the molecule is Cc1cc(C)c(CNC(=O)NC2CCN(c3ncccn3)CC2)c(C)c1. The van der Waals surface area contributed by atoms with Gasteiger partial charge in [0.1, 0.15) is 0 Å². The summed E-state index contributed by atoms with van der Waals surface area (Å²) in [6, 6.07) is 6.22. The van der Waals surface area contributed by atoms with Gasteiger partial charge in [-0.25, -0.2) is 14.8 Å². The van der Waals surface area contributed by atoms with Gasteiger partial charge in [0.2, 0.25) is 5.95 Å². The van der Waals surface area contributed by atoms with Gasteiger partial charge >= 0.3 is 6.03 Å². The van der Waals surface area contributed by atoms with E-state index in [0.29, 0.717) is 6.54 Å². The number of amides is 2. The molecule has 26 heavy (non-hydrogen) atoms. The molecule has 2 amide bonds. The zero-order valence-electron chi connectivity index (χ0n) is 15.7. The van der Waals surface area contributed by atoms with Crippen LogP contribution in [0.25, 0.3) is 0 Å². The van der Waals surface area contributed by atoms with Crippen molar-refractivity contribution in [2.24, 2.45) is 0 Å². The van der Waals surface area contributed by atoms with Crippen LogP contribution in [0.2, 0.25) is 0 Å². The number of benzene rings is 1. The predicted octanol–water partition coefficient (Wildman–Crippen LogP) is 2.87. The molecular weight excluding hydrogens is 326 g/mol. The Hall–Kier alpha value is -2.63. The number of hydrogen-bond acceptors (Lipinski definition) is 4. The number of carbonyl (C=O) groups is 1. The highest BCUT2D eigenvalue weighted by Crippen LogP contribution is 2.17. The lowest BCUT2D eigenvalue weighted by Gasteiger charge is -2.32. The Bertz CT molecular complexity index is 731. The maximum atomic E-state index is 12.3. The average Bonchev–Trinajstić information content (AvgIpc) is 2.62. The fourth-order valence-electron chi connectivity index (χ4n) is 3.57. The number of carbonyl (C=O) groups excluding carboxylic acids is 1. The molecule has 2 heterocycles. The summed E-state index contributed by atoms with van der Waals surface area (Å²) in [5.74, 6) is 0.765. The Morgan fingerprint density at radius 2 is 1.73 bits per heavy atom. The van der Waals surface area contributed by atoms with E-state index in [-0.39, 0.29) is 12.1 Å². The van der Waals surface area contributed by atoms with E-state index in [0.717, 1.165) is 31.9 Å². The van der Waals surface area contributed by atoms with Gasteiger partial charge in [-0.15, -0.1) is 0 Å². The molecular formula is C20H27N5O. The molecule has 0 unspecified atom stereocenters. The maximum absolute atomic E-state index is 12.3. The molecule has 0 atom stereocenters. The molecule has 0 aliphatic carbocycles. The summed E-state index contributed by atoms with van der Waals surface area (Å²) in [4.78, 5) is 23.0. The Morgan fingerprint density at radius 1 is 1.12 bits per heavy atom. The molecule has 1 aliphatic heterocycles. The molecule has 1 aliphatic rings. The second-order valence-electron chi connectivity index (χ2n) is 7.01. The first kappa shape index (κ1) is 18.2. The fourth-order valence-corrected chi connectivity index (χ4v) is 3.57. The van der Waals surface area contributed by atoms with Crippen LogP contribution in [-0.2, 0) is 6.54 Å². The Morgan fingerprint density at radius 3 is 2.35 bits per heavy atom. The number of piperidine rings is 1. The van der Waals surface area contributed by atoms with Gasteiger partial charge in [-0.3, -0.25) is 0 Å². The predicted molar refractivity (Wildman–Crippen MR) is 103 cm³/mol. The molecule has 0 saturated carbocycles. The van der Waals surface area contributed by atoms with E-state index in [1.807, 2.05) is 6.07 Å². The lowest BCUT2D eigenvalue weighted by Crippen LogP contribution is -2.48. The van der Waals surface area contributed by atoms with Crippen molar-refractivity contribution in [1.82, 2.24) is 20.6 Å². The largest absolute Gasteiger partial charge is 0.341 e. The summed E-state index contributed by atoms with van der Waals surface area (Å²) < 4.78 is 0. The first-order chi connectivity index (χ1) is 12.5. The van der Waals surface area contributed by atoms with Crippen molar-refractivity contribution < 1.29 is 4.79 Å². The second kappa shape index (κ2) is 8.17. The van der Waals surface area contributed by atoms with Gasteiger partial charge in [-0.05, 0) is 56.4 Å². The number of anilines is 1. The summed E-state index contributed by atoms with van der Waals surface area (Å²) in [5.41, 5.74) is 4.89. The molecule has 3 rings (SSSR count). The average molecular weight is 353 g/mol. The second-order valence-corrected chi connectivity index (χ2v) is 7.01. The third kappa shape index (κ3) is 4.50. The summed E-state index contributed by atoms with van der Waals surface area (Å²) in [5, 5.41) is 6.10. The zero-order chi connectivity index (χ0) is 18.5. The van der Waals surface area contributed by atoms with E-state index in [1.165, 1.54) is 22.3 Å². The molecule has 138 valence electrons. The quantitative estimate of drug-likeness (QED) is 0.887. The van der Waals surface area contributed by atoms with E-state index in [4.69, 9.17) is 0 Å². The van der Waals surface area contributed by atoms with Crippen LogP contribution in [0.5, 0.6) is 0 Å². The van der Waals surface area contributed by atoms with Crippen molar-refractivity contribution in [3.05, 3.63) is 52.8 Å². The third-order valence-electron chi connectivity index (χ3n) is 4.93. The summed E-state index contributed by atoms with van der Waals surface area (Å²) >= 11 is 0. The van der Waals surface area contributed by atoms with E-state index in [9.17, 15) is 4.79 Å². The number of aryl methyl sites for hydroxylation is 3. The molecule has 0 bridgehead atoms. The Balaban J connectivity index is 1.46. The zero-order valence-corrected chi connectivity index (χ0v) is 15.7. The van der Waals surface area contributed by atoms with Crippen LogP contribution < -0.4 is 15.5 Å². The highest BCUT2D eigenvalue weighted by Gasteiger charge is 2.22. The van der Waals surface area contributed by atoms with Crippen molar-refractivity contribution >= 4 is 12.0 Å². The van der Waals surface area contributed by atoms with Crippen molar-refractivity contribution in [1.29, 1.82) is 0 Å². The molecule has 2 N–H and O–H groups in total. The van der Waals surface area contributed by atoms with Gasteiger partial charge in [0, 0.05) is 38.1 Å². The number of hydrogen-bond donors (Lipinski definition) is 2. The smallest absolute Gasteiger partial charge is 0.315 e. The van der Waals surface area contributed by atoms with Crippen molar-refractivity contribution in [2.45, 2.75) is 46.2 Å². The van der Waals surface area contributed by atoms with E-state index in [1.54, 1.807) is 12.4 Å². The number of aromatic nitrogens is 2. The number of urea groups is 1. The van der Waals surface area contributed by atoms with Gasteiger partial charge in [0.15, 0.2) is 0 Å². The van der Waals surface area contributed by atoms with Crippen molar-refractivity contribution in [3.63, 3.8) is 0 Å². The summed E-state index contributed by atoms with van der Waals surface area (Å²) in [6.45, 7) is 8.54. The Kier molecular flexibility index (Phi) is 5.71. The Labute approximate surface area is 155 Å². The van der Waals surface area contributed by atoms with Crippen LogP contribution in [0.4, 0.5) is 10.7 Å². The van der Waals surface area contributed by atoms with Gasteiger partial charge in [0.05, 0.1) is 0 Å². The van der Waals surface area contributed by atoms with Gasteiger partial charge in [-0.2, -0.15) is 0 Å². The van der Waals surface area contributed by atoms with E-state index >= 15 is 0 Å². The molecule has 6 heteroatoms. The van der Waals surface area contributed by atoms with Gasteiger partial charge < -0.3 is 15.5 Å². The van der Waals surface area contributed by atoms with E-state index in [2.05, 4.69) is 58.4 Å². The number of rotatable bonds is 4. The highest BCUT2D eigenvalue weighted by molar-refractivity contribution is 5.74. The summed E-state index contributed by atoms with van der Waals surface area (Å²) in [7, 11) is 0. The van der Waals surface area contributed by atoms with Crippen LogP contribution >= 0.6 is 0 Å². The minimum absolute atomic E-state index is 0.0983. The van der Waals surface area contributed by atoms with Crippen LogP contribution in [-0.4, -0.2) is 35.1 Å². The van der Waals surface area contributed by atoms with Crippen LogP contribution in [0, 0.1) is 20.8 Å². The highest BCUT2D eigenvalue weighted by atomic mass is 16.2. The molecule has 1 saturated heterocycles. The monoisotopic (exact) mass is 353 g/mol. The minimum Gasteiger partial charge on any atom is -0.341 e. The van der Waals surface area contributed by atoms with Crippen LogP contribution in [0.3, 0.4) is 0 Å². The van der Waals surface area contributed by atoms with Crippen molar-refractivity contribution in [3.8, 4) is 0 Å². The van der Waals surface area contributed by atoms with Crippen molar-refractivity contribution in [2.75, 3.05) is 18.0 Å². The standard InChI is InChI=1S/C20H27N5O/c1-14-11-15(2)18(16(3)12-14)13-23-20(26)24-17-5-9-25(10-6-17)19-21-7-4-8-22-19/h4,7-8,11-12,17H,5-6,9-10,13H2,1-3H3,(H2,23,24,26). The third-order valence-corrected chi connectivity index (χ3v) is 4.93. The first-order valence-electron chi connectivity index (χ1n) is 9.16. The van der Waals surface area contributed by atoms with Crippen LogP contribution in [0.1, 0.15) is 35.1 Å². The lowest BCUT2D eigenvalue weighted by molar-refractivity contribution is 0.234. The molecule has 0 spiro atoms. The maximum Gasteiger partial charge on any atom is 0.315 e. The normalized spacial score (nSPS) is 15.0.